The normalized spacial score (nSPS) is 28.3. The predicted molar refractivity (Wildman–Crippen MR) is 75.1 cm³/mol. The number of fused-ring (bicyclic) bond motifs is 1. The Morgan fingerprint density at radius 3 is 2.95 bits per heavy atom. The fraction of sp³-hybridized carbons (Fsp3) is 0.800. The lowest BCUT2D eigenvalue weighted by Gasteiger charge is -2.35. The van der Waals surface area contributed by atoms with Gasteiger partial charge in [-0.25, -0.2) is 4.98 Å². The second-order valence-electron chi connectivity index (χ2n) is 5.85. The van der Waals surface area contributed by atoms with Crippen molar-refractivity contribution in [3.8, 4) is 0 Å². The lowest BCUT2D eigenvalue weighted by Crippen LogP contribution is -2.35. The van der Waals surface area contributed by atoms with E-state index in [4.69, 9.17) is 4.98 Å². The number of imidazole rings is 1. The quantitative estimate of drug-likeness (QED) is 0.910. The molecule has 3 rings (SSSR count). The molecule has 4 heteroatoms. The Kier molecular flexibility index (Phi) is 3.89. The molecule has 1 aromatic heterocycles. The van der Waals surface area contributed by atoms with Gasteiger partial charge in [-0.2, -0.15) is 0 Å². The Balaban J connectivity index is 1.90. The summed E-state index contributed by atoms with van der Waals surface area (Å²) in [5.41, 5.74) is 1.25. The molecule has 0 aromatic carbocycles. The summed E-state index contributed by atoms with van der Waals surface area (Å²) in [5.74, 6) is 1.54. The molecule has 0 amide bonds. The molecule has 106 valence electrons. The highest BCUT2D eigenvalue weighted by Crippen LogP contribution is 2.34. The van der Waals surface area contributed by atoms with Crippen molar-refractivity contribution in [2.24, 2.45) is 0 Å². The van der Waals surface area contributed by atoms with Crippen LogP contribution in [0.1, 0.15) is 62.5 Å². The van der Waals surface area contributed by atoms with Crippen molar-refractivity contribution in [1.82, 2.24) is 14.5 Å². The summed E-state index contributed by atoms with van der Waals surface area (Å²) in [7, 11) is 0. The Morgan fingerprint density at radius 1 is 1.26 bits per heavy atom. The summed E-state index contributed by atoms with van der Waals surface area (Å²) in [5, 5.41) is 9.50. The van der Waals surface area contributed by atoms with E-state index in [2.05, 4.69) is 16.4 Å². The van der Waals surface area contributed by atoms with Gasteiger partial charge in [-0.05, 0) is 38.8 Å². The third-order valence-corrected chi connectivity index (χ3v) is 4.81. The molecule has 1 aromatic rings. The van der Waals surface area contributed by atoms with Crippen LogP contribution in [0, 0.1) is 0 Å². The van der Waals surface area contributed by atoms with E-state index in [-0.39, 0.29) is 6.61 Å². The first-order valence-corrected chi connectivity index (χ1v) is 7.75. The molecule has 2 unspecified atom stereocenters. The van der Waals surface area contributed by atoms with Crippen molar-refractivity contribution < 1.29 is 5.11 Å². The number of aliphatic hydroxyl groups is 1. The first-order chi connectivity index (χ1) is 9.35. The summed E-state index contributed by atoms with van der Waals surface area (Å²) >= 11 is 0. The van der Waals surface area contributed by atoms with Gasteiger partial charge in [-0.15, -0.1) is 0 Å². The number of likely N-dealkylation sites (tertiary alicyclic amines) is 1. The topological polar surface area (TPSA) is 41.3 Å². The zero-order valence-electron chi connectivity index (χ0n) is 11.9. The van der Waals surface area contributed by atoms with Crippen LogP contribution in [0.25, 0.3) is 0 Å². The highest BCUT2D eigenvalue weighted by molar-refractivity contribution is 5.16. The van der Waals surface area contributed by atoms with Crippen LogP contribution in [0.15, 0.2) is 6.20 Å². The standard InChI is InChI=1S/C15H25N3O/c1-2-17-8-4-3-7-13(17)15-16-10-14-12(11-19)6-5-9-18(14)15/h10,12-13,19H,2-9,11H2,1H3. The van der Waals surface area contributed by atoms with E-state index >= 15 is 0 Å². The Hall–Kier alpha value is -0.870. The largest absolute Gasteiger partial charge is 0.396 e. The third-order valence-electron chi connectivity index (χ3n) is 4.81. The molecule has 2 atom stereocenters. The van der Waals surface area contributed by atoms with Gasteiger partial charge in [-0.3, -0.25) is 4.90 Å². The SMILES string of the molecule is CCN1CCCCC1c1ncc2n1CCCC2CO. The zero-order valence-corrected chi connectivity index (χ0v) is 11.9. The highest BCUT2D eigenvalue weighted by atomic mass is 16.3. The summed E-state index contributed by atoms with van der Waals surface area (Å²) in [6.07, 6.45) is 8.14. The number of piperidine rings is 1. The van der Waals surface area contributed by atoms with Gasteiger partial charge >= 0.3 is 0 Å². The molecule has 19 heavy (non-hydrogen) atoms. The molecule has 0 bridgehead atoms. The maximum absolute atomic E-state index is 9.50. The van der Waals surface area contributed by atoms with Crippen LogP contribution in [0.2, 0.25) is 0 Å². The lowest BCUT2D eigenvalue weighted by atomic mass is 9.96. The molecular weight excluding hydrogens is 238 g/mol. The molecule has 1 saturated heterocycles. The fourth-order valence-corrected chi connectivity index (χ4v) is 3.73. The van der Waals surface area contributed by atoms with Gasteiger partial charge in [0, 0.05) is 24.4 Å². The lowest BCUT2D eigenvalue weighted by molar-refractivity contribution is 0.144. The van der Waals surface area contributed by atoms with Gasteiger partial charge < -0.3 is 9.67 Å². The minimum atomic E-state index is 0.257. The van der Waals surface area contributed by atoms with Gasteiger partial charge in [0.05, 0.1) is 12.6 Å². The molecule has 2 aliphatic rings. The average molecular weight is 263 g/mol. The van der Waals surface area contributed by atoms with Crippen LogP contribution in [-0.2, 0) is 6.54 Å². The molecule has 0 spiro atoms. The van der Waals surface area contributed by atoms with Crippen LogP contribution in [-0.4, -0.2) is 39.3 Å². The van der Waals surface area contributed by atoms with Crippen molar-refractivity contribution >= 4 is 0 Å². The first-order valence-electron chi connectivity index (χ1n) is 7.75. The van der Waals surface area contributed by atoms with Crippen LogP contribution in [0.3, 0.4) is 0 Å². The highest BCUT2D eigenvalue weighted by Gasteiger charge is 2.30. The van der Waals surface area contributed by atoms with Gasteiger partial charge in [0.25, 0.3) is 0 Å². The van der Waals surface area contributed by atoms with Crippen molar-refractivity contribution in [3.63, 3.8) is 0 Å². The van der Waals surface area contributed by atoms with Crippen LogP contribution in [0.4, 0.5) is 0 Å². The maximum atomic E-state index is 9.50. The van der Waals surface area contributed by atoms with Crippen LogP contribution < -0.4 is 0 Å². The van der Waals surface area contributed by atoms with Gasteiger partial charge in [0.2, 0.25) is 0 Å². The minimum Gasteiger partial charge on any atom is -0.396 e. The maximum Gasteiger partial charge on any atom is 0.126 e. The molecular formula is C15H25N3O. The monoisotopic (exact) mass is 263 g/mol. The van der Waals surface area contributed by atoms with Gasteiger partial charge in [-0.1, -0.05) is 13.3 Å². The molecule has 3 heterocycles. The molecule has 2 aliphatic heterocycles. The van der Waals surface area contributed by atoms with Crippen LogP contribution >= 0.6 is 0 Å². The molecule has 4 nitrogen and oxygen atoms in total. The van der Waals surface area contributed by atoms with Crippen LogP contribution in [0.5, 0.6) is 0 Å². The van der Waals surface area contributed by atoms with E-state index in [1.165, 1.54) is 43.7 Å². The second-order valence-corrected chi connectivity index (χ2v) is 5.85. The summed E-state index contributed by atoms with van der Waals surface area (Å²) in [4.78, 5) is 7.29. The second kappa shape index (κ2) is 5.63. The Morgan fingerprint density at radius 2 is 2.16 bits per heavy atom. The number of aromatic nitrogens is 2. The predicted octanol–water partition coefficient (Wildman–Crippen LogP) is 2.30. The summed E-state index contributed by atoms with van der Waals surface area (Å²) in [6.45, 7) is 5.89. The Bertz CT molecular complexity index is 429. The van der Waals surface area contributed by atoms with Crippen molar-refractivity contribution in [1.29, 1.82) is 0 Å². The van der Waals surface area contributed by atoms with E-state index < -0.39 is 0 Å². The number of hydrogen-bond acceptors (Lipinski definition) is 3. The molecule has 0 aliphatic carbocycles. The number of aliphatic hydroxyl groups excluding tert-OH is 1. The van der Waals surface area contributed by atoms with Gasteiger partial charge in [0.15, 0.2) is 0 Å². The fourth-order valence-electron chi connectivity index (χ4n) is 3.73. The summed E-state index contributed by atoms with van der Waals surface area (Å²) in [6, 6.07) is 0.491. The van der Waals surface area contributed by atoms with E-state index in [1.807, 2.05) is 6.20 Å². The first kappa shape index (κ1) is 13.1. The minimum absolute atomic E-state index is 0.257. The number of hydrogen-bond donors (Lipinski definition) is 1. The number of rotatable bonds is 3. The molecule has 1 N–H and O–H groups in total. The molecule has 1 fully saturated rings. The van der Waals surface area contributed by atoms with Gasteiger partial charge in [0.1, 0.15) is 5.82 Å². The van der Waals surface area contributed by atoms with Crippen molar-refractivity contribution in [2.75, 3.05) is 19.7 Å². The van der Waals surface area contributed by atoms with E-state index in [1.54, 1.807) is 0 Å². The van der Waals surface area contributed by atoms with Crippen molar-refractivity contribution in [3.05, 3.63) is 17.7 Å². The molecule has 0 radical (unpaired) electrons. The van der Waals surface area contributed by atoms with E-state index in [0.29, 0.717) is 12.0 Å². The molecule has 0 saturated carbocycles. The average Bonchev–Trinajstić information content (AvgIpc) is 2.90. The van der Waals surface area contributed by atoms with E-state index in [0.717, 1.165) is 19.5 Å². The smallest absolute Gasteiger partial charge is 0.126 e. The zero-order chi connectivity index (χ0) is 13.2. The van der Waals surface area contributed by atoms with Crippen molar-refractivity contribution in [2.45, 2.75) is 57.5 Å². The Labute approximate surface area is 115 Å². The van der Waals surface area contributed by atoms with E-state index in [9.17, 15) is 5.11 Å². The summed E-state index contributed by atoms with van der Waals surface area (Å²) < 4.78 is 2.39. The number of nitrogens with zero attached hydrogens (tertiary/aromatic N) is 3. The third kappa shape index (κ3) is 2.32.